The number of thioether (sulfide) groups is 1. The smallest absolute Gasteiger partial charge is 0.313 e. The van der Waals surface area contributed by atoms with Crippen molar-refractivity contribution in [3.63, 3.8) is 0 Å². The largest absolute Gasteiger partial charge is 0.481 e. The molecule has 1 aliphatic rings. The Morgan fingerprint density at radius 2 is 2.00 bits per heavy atom. The third-order valence-electron chi connectivity index (χ3n) is 4.61. The number of aryl methyl sites for hydroxylation is 1. The van der Waals surface area contributed by atoms with E-state index in [1.807, 2.05) is 31.3 Å². The Hall–Kier alpha value is -1.11. The molecule has 1 fully saturated rings. The van der Waals surface area contributed by atoms with Crippen molar-refractivity contribution in [2.45, 2.75) is 65.2 Å². The van der Waals surface area contributed by atoms with Crippen molar-refractivity contribution in [2.75, 3.05) is 11.5 Å². The molecule has 0 bridgehead atoms. The second-order valence-electron chi connectivity index (χ2n) is 6.68. The van der Waals surface area contributed by atoms with E-state index in [2.05, 4.69) is 25.1 Å². The molecule has 1 saturated carbocycles. The van der Waals surface area contributed by atoms with E-state index < -0.39 is 5.97 Å². The number of carboxylic acid groups (broad SMARTS) is 1. The lowest BCUT2D eigenvalue weighted by Crippen LogP contribution is -2.04. The van der Waals surface area contributed by atoms with Crippen LogP contribution in [0.1, 0.15) is 77.2 Å². The average Bonchev–Trinajstić information content (AvgIpc) is 3.30. The number of carbonyl (C=O) groups is 1. The molecule has 1 N–H and O–H groups in total. The van der Waals surface area contributed by atoms with Gasteiger partial charge in [-0.15, -0.1) is 34.4 Å². The highest BCUT2D eigenvalue weighted by Crippen LogP contribution is 2.36. The zero-order chi connectivity index (χ0) is 20.4. The number of rotatable bonds is 8. The van der Waals surface area contributed by atoms with E-state index in [0.717, 1.165) is 12.2 Å². The summed E-state index contributed by atoms with van der Waals surface area (Å²) in [5.41, 5.74) is 1.24. The molecule has 0 saturated heterocycles. The van der Waals surface area contributed by atoms with Crippen molar-refractivity contribution in [3.05, 3.63) is 43.5 Å². The highest BCUT2D eigenvalue weighted by Gasteiger charge is 2.20. The van der Waals surface area contributed by atoms with Gasteiger partial charge in [0.25, 0.3) is 0 Å². The van der Waals surface area contributed by atoms with Gasteiger partial charge in [-0.05, 0) is 38.0 Å². The van der Waals surface area contributed by atoms with Crippen molar-refractivity contribution in [3.8, 4) is 0 Å². The Kier molecular flexibility index (Phi) is 10.3. The summed E-state index contributed by atoms with van der Waals surface area (Å²) >= 11 is 5.11. The molecule has 2 aromatic rings. The molecule has 2 heterocycles. The molecule has 3 rings (SSSR count). The van der Waals surface area contributed by atoms with E-state index in [0.29, 0.717) is 5.92 Å². The fourth-order valence-corrected chi connectivity index (χ4v) is 5.84. The summed E-state index contributed by atoms with van der Waals surface area (Å²) in [7, 11) is 0. The van der Waals surface area contributed by atoms with Gasteiger partial charge in [0.05, 0.1) is 16.5 Å². The van der Waals surface area contributed by atoms with Crippen LogP contribution in [0.25, 0.3) is 6.08 Å². The second kappa shape index (κ2) is 12.5. The van der Waals surface area contributed by atoms with Gasteiger partial charge in [-0.2, -0.15) is 0 Å². The topological polar surface area (TPSA) is 50.2 Å². The highest BCUT2D eigenvalue weighted by atomic mass is 32.2. The molecule has 154 valence electrons. The van der Waals surface area contributed by atoms with Crippen molar-refractivity contribution in [2.24, 2.45) is 0 Å². The first kappa shape index (κ1) is 23.2. The predicted molar refractivity (Wildman–Crippen MR) is 125 cm³/mol. The number of aromatic nitrogens is 1. The zero-order valence-corrected chi connectivity index (χ0v) is 19.5. The van der Waals surface area contributed by atoms with Gasteiger partial charge in [-0.3, -0.25) is 4.79 Å². The zero-order valence-electron chi connectivity index (χ0n) is 17.1. The Morgan fingerprint density at radius 3 is 2.71 bits per heavy atom. The highest BCUT2D eigenvalue weighted by molar-refractivity contribution is 8.00. The van der Waals surface area contributed by atoms with Crippen LogP contribution in [0.15, 0.2) is 18.2 Å². The molecular formula is C22H31NO2S3. The van der Waals surface area contributed by atoms with E-state index in [-0.39, 0.29) is 5.75 Å². The minimum Gasteiger partial charge on any atom is -0.481 e. The summed E-state index contributed by atoms with van der Waals surface area (Å²) in [6.45, 7) is 6.20. The molecule has 0 atom stereocenters. The number of nitrogens with zero attached hydrogens (tertiary/aromatic N) is 1. The fourth-order valence-electron chi connectivity index (χ4n) is 3.26. The Bertz CT molecular complexity index is 758. The molecule has 1 aliphatic carbocycles. The first-order valence-electron chi connectivity index (χ1n) is 10.1. The van der Waals surface area contributed by atoms with Crippen LogP contribution >= 0.6 is 34.4 Å². The summed E-state index contributed by atoms with van der Waals surface area (Å²) in [6, 6.07) is 4.33. The number of aliphatic carboxylic acids is 1. The number of carboxylic acids is 1. The Balaban J connectivity index is 0.00000136. The summed E-state index contributed by atoms with van der Waals surface area (Å²) in [5.74, 6) is 0.821. The predicted octanol–water partition coefficient (Wildman–Crippen LogP) is 7.01. The Labute approximate surface area is 181 Å². The minimum atomic E-state index is -0.756. The van der Waals surface area contributed by atoms with E-state index in [1.165, 1.54) is 69.2 Å². The first-order chi connectivity index (χ1) is 13.6. The van der Waals surface area contributed by atoms with E-state index in [9.17, 15) is 4.79 Å². The third-order valence-corrected chi connectivity index (χ3v) is 7.71. The standard InChI is InChI=1S/C20H25NO2S3.C2H6/c1-14-18(21-20(25-14)15-6-3-2-4-7-15)12-17-10-9-16(26-17)8-5-11-24-13-19(22)23;1-2/h5,8-10,15H,2-4,6-7,11-13H2,1H3,(H,22,23);1-2H3/b8-5+;. The second-order valence-corrected chi connectivity index (χ2v) is 10.1. The van der Waals surface area contributed by atoms with Crippen molar-refractivity contribution >= 4 is 46.5 Å². The normalized spacial score (nSPS) is 14.8. The van der Waals surface area contributed by atoms with E-state index in [1.54, 1.807) is 11.3 Å². The van der Waals surface area contributed by atoms with Crippen LogP contribution in [0, 0.1) is 6.92 Å². The summed E-state index contributed by atoms with van der Waals surface area (Å²) in [4.78, 5) is 19.4. The fraction of sp³-hybridized carbons (Fsp3) is 0.545. The Morgan fingerprint density at radius 1 is 1.25 bits per heavy atom. The van der Waals surface area contributed by atoms with Crippen molar-refractivity contribution < 1.29 is 9.90 Å². The number of thiazole rings is 1. The number of hydrogen-bond donors (Lipinski definition) is 1. The molecule has 0 spiro atoms. The maximum Gasteiger partial charge on any atom is 0.313 e. The lowest BCUT2D eigenvalue weighted by atomic mass is 9.90. The molecule has 3 nitrogen and oxygen atoms in total. The molecule has 0 aromatic carbocycles. The molecule has 0 aliphatic heterocycles. The molecule has 0 amide bonds. The SMILES string of the molecule is CC.Cc1sc(C2CCCCC2)nc1Cc1ccc(/C=C/CSCC(=O)O)s1. The molecule has 28 heavy (non-hydrogen) atoms. The van der Waals surface area contributed by atoms with Gasteiger partial charge in [0.1, 0.15) is 0 Å². The summed E-state index contributed by atoms with van der Waals surface area (Å²) in [5, 5.41) is 9.98. The van der Waals surface area contributed by atoms with Gasteiger partial charge in [-0.1, -0.05) is 39.2 Å². The van der Waals surface area contributed by atoms with Crippen LogP contribution < -0.4 is 0 Å². The van der Waals surface area contributed by atoms with Crippen molar-refractivity contribution in [1.82, 2.24) is 4.98 Å². The van der Waals surface area contributed by atoms with E-state index >= 15 is 0 Å². The monoisotopic (exact) mass is 437 g/mol. The van der Waals surface area contributed by atoms with Crippen molar-refractivity contribution in [1.29, 1.82) is 0 Å². The maximum absolute atomic E-state index is 10.5. The molecular weight excluding hydrogens is 406 g/mol. The lowest BCUT2D eigenvalue weighted by molar-refractivity contribution is -0.133. The lowest BCUT2D eigenvalue weighted by Gasteiger charge is -2.18. The first-order valence-corrected chi connectivity index (χ1v) is 12.9. The maximum atomic E-state index is 10.5. The number of thiophene rings is 1. The molecule has 6 heteroatoms. The van der Waals surface area contributed by atoms with Crippen LogP contribution in [0.5, 0.6) is 0 Å². The third kappa shape index (κ3) is 7.37. The van der Waals surface area contributed by atoms with Gasteiger partial charge in [0, 0.05) is 32.7 Å². The van der Waals surface area contributed by atoms with Crippen LogP contribution in [-0.2, 0) is 11.2 Å². The molecule has 2 aromatic heterocycles. The summed E-state index contributed by atoms with van der Waals surface area (Å²) < 4.78 is 0. The molecule has 0 radical (unpaired) electrons. The number of hydrogen-bond acceptors (Lipinski definition) is 5. The minimum absolute atomic E-state index is 0.159. The van der Waals surface area contributed by atoms with Gasteiger partial charge in [0.2, 0.25) is 0 Å². The van der Waals surface area contributed by atoms with Gasteiger partial charge >= 0.3 is 5.97 Å². The average molecular weight is 438 g/mol. The van der Waals surface area contributed by atoms with Gasteiger partial charge in [-0.25, -0.2) is 4.98 Å². The molecule has 0 unspecified atom stereocenters. The van der Waals surface area contributed by atoms with Gasteiger partial charge in [0.15, 0.2) is 0 Å². The van der Waals surface area contributed by atoms with Gasteiger partial charge < -0.3 is 5.11 Å². The van der Waals surface area contributed by atoms with E-state index in [4.69, 9.17) is 10.1 Å². The summed E-state index contributed by atoms with van der Waals surface area (Å²) in [6.07, 6.45) is 11.7. The van der Waals surface area contributed by atoms with Crippen LogP contribution in [-0.4, -0.2) is 27.6 Å². The van der Waals surface area contributed by atoms with Crippen LogP contribution in [0.2, 0.25) is 0 Å². The van der Waals surface area contributed by atoms with Crippen LogP contribution in [0.3, 0.4) is 0 Å². The quantitative estimate of drug-likeness (QED) is 0.451. The van der Waals surface area contributed by atoms with Crippen LogP contribution in [0.4, 0.5) is 0 Å².